The SMILES string of the molecule is CSC1(CN2C(=O)NC(=O)C3(CCC3)C2=O)CCCC1. The van der Waals surface area contributed by atoms with Crippen LogP contribution in [0.15, 0.2) is 0 Å². The fraction of sp³-hybridized carbons (Fsp3) is 0.786. The molecule has 2 aliphatic carbocycles. The zero-order valence-electron chi connectivity index (χ0n) is 11.7. The summed E-state index contributed by atoms with van der Waals surface area (Å²) < 4.78 is -0.0156. The largest absolute Gasteiger partial charge is 0.330 e. The van der Waals surface area contributed by atoms with Gasteiger partial charge in [-0.15, -0.1) is 0 Å². The van der Waals surface area contributed by atoms with Gasteiger partial charge in [-0.2, -0.15) is 11.8 Å². The quantitative estimate of drug-likeness (QED) is 0.808. The number of carbonyl (C=O) groups is 3. The molecule has 1 heterocycles. The maximum atomic E-state index is 12.6. The number of rotatable bonds is 3. The van der Waals surface area contributed by atoms with Crippen molar-refractivity contribution in [2.24, 2.45) is 5.41 Å². The number of barbiturate groups is 1. The van der Waals surface area contributed by atoms with E-state index in [1.54, 1.807) is 11.8 Å². The highest BCUT2D eigenvalue weighted by Crippen LogP contribution is 2.46. The number of thioether (sulfide) groups is 1. The lowest BCUT2D eigenvalue weighted by molar-refractivity contribution is -0.157. The third kappa shape index (κ3) is 1.88. The molecular weight excluding hydrogens is 276 g/mol. The van der Waals surface area contributed by atoms with Crippen molar-refractivity contribution >= 4 is 29.6 Å². The maximum Gasteiger partial charge on any atom is 0.330 e. The second-order valence-electron chi connectivity index (χ2n) is 6.18. The molecule has 0 unspecified atom stereocenters. The molecular formula is C14H20N2O3S. The second-order valence-corrected chi connectivity index (χ2v) is 7.45. The number of imide groups is 2. The Morgan fingerprint density at radius 3 is 2.25 bits per heavy atom. The Labute approximate surface area is 122 Å². The third-order valence-corrected chi connectivity index (χ3v) is 6.56. The fourth-order valence-electron chi connectivity index (χ4n) is 3.58. The van der Waals surface area contributed by atoms with Crippen LogP contribution in [0.3, 0.4) is 0 Å². The van der Waals surface area contributed by atoms with E-state index < -0.39 is 11.4 Å². The number of nitrogens with one attached hydrogen (secondary N) is 1. The normalized spacial score (nSPS) is 27.6. The van der Waals surface area contributed by atoms with Crippen LogP contribution >= 0.6 is 11.8 Å². The monoisotopic (exact) mass is 296 g/mol. The minimum Gasteiger partial charge on any atom is -0.277 e. The summed E-state index contributed by atoms with van der Waals surface area (Å²) in [5.74, 6) is -0.655. The topological polar surface area (TPSA) is 66.5 Å². The second kappa shape index (κ2) is 4.76. The predicted octanol–water partition coefficient (Wildman–Crippen LogP) is 1.91. The van der Waals surface area contributed by atoms with Crippen LogP contribution in [0.1, 0.15) is 44.9 Å². The Bertz CT molecular complexity index is 467. The number of nitrogens with zero attached hydrogens (tertiary/aromatic N) is 1. The van der Waals surface area contributed by atoms with Crippen LogP contribution in [-0.2, 0) is 9.59 Å². The summed E-state index contributed by atoms with van der Waals surface area (Å²) in [5, 5.41) is 2.39. The number of carbonyl (C=O) groups excluding carboxylic acids is 3. The van der Waals surface area contributed by atoms with E-state index in [1.807, 2.05) is 6.26 Å². The van der Waals surface area contributed by atoms with Gasteiger partial charge < -0.3 is 0 Å². The molecule has 0 radical (unpaired) electrons. The summed E-state index contributed by atoms with van der Waals surface area (Å²) in [5.41, 5.74) is -0.938. The van der Waals surface area contributed by atoms with Gasteiger partial charge in [0.25, 0.3) is 0 Å². The molecule has 3 rings (SSSR count). The maximum absolute atomic E-state index is 12.6. The van der Waals surface area contributed by atoms with Crippen molar-refractivity contribution < 1.29 is 14.4 Å². The lowest BCUT2D eigenvalue weighted by atomic mass is 9.66. The summed E-state index contributed by atoms with van der Waals surface area (Å²) in [7, 11) is 0. The minimum absolute atomic E-state index is 0.0156. The standard InChI is InChI=1S/C14H20N2O3S/c1-20-13(5-2-3-6-13)9-16-11(18)14(7-4-8-14)10(17)15-12(16)19/h2-9H2,1H3,(H,15,17,19). The molecule has 0 aromatic rings. The van der Waals surface area contributed by atoms with E-state index in [0.717, 1.165) is 32.1 Å². The average Bonchev–Trinajstić information content (AvgIpc) is 2.82. The van der Waals surface area contributed by atoms with E-state index >= 15 is 0 Å². The van der Waals surface area contributed by atoms with Gasteiger partial charge >= 0.3 is 6.03 Å². The molecule has 0 aromatic carbocycles. The summed E-state index contributed by atoms with van der Waals surface area (Å²) >= 11 is 1.75. The van der Waals surface area contributed by atoms with E-state index in [2.05, 4.69) is 5.32 Å². The molecule has 6 heteroatoms. The van der Waals surface area contributed by atoms with Gasteiger partial charge in [-0.1, -0.05) is 19.3 Å². The molecule has 3 fully saturated rings. The van der Waals surface area contributed by atoms with Crippen molar-refractivity contribution in [1.82, 2.24) is 10.2 Å². The Hall–Kier alpha value is -1.04. The fourth-order valence-corrected chi connectivity index (χ4v) is 4.54. The lowest BCUT2D eigenvalue weighted by Crippen LogP contribution is -2.67. The van der Waals surface area contributed by atoms with Crippen molar-refractivity contribution in [3.05, 3.63) is 0 Å². The van der Waals surface area contributed by atoms with E-state index in [1.165, 1.54) is 4.90 Å². The number of hydrogen-bond donors (Lipinski definition) is 1. The molecule has 0 atom stereocenters. The predicted molar refractivity (Wildman–Crippen MR) is 76.2 cm³/mol. The molecule has 1 spiro atoms. The highest BCUT2D eigenvalue weighted by Gasteiger charge is 2.58. The van der Waals surface area contributed by atoms with Gasteiger partial charge in [0.05, 0.1) is 0 Å². The van der Waals surface area contributed by atoms with E-state index in [4.69, 9.17) is 0 Å². The van der Waals surface area contributed by atoms with E-state index in [0.29, 0.717) is 19.4 Å². The summed E-state index contributed by atoms with van der Waals surface area (Å²) in [6.45, 7) is 0.438. The van der Waals surface area contributed by atoms with Gasteiger partial charge in [0.2, 0.25) is 11.8 Å². The summed E-state index contributed by atoms with van der Waals surface area (Å²) in [6.07, 6.45) is 8.44. The van der Waals surface area contributed by atoms with Crippen LogP contribution in [0.5, 0.6) is 0 Å². The molecule has 20 heavy (non-hydrogen) atoms. The van der Waals surface area contributed by atoms with Gasteiger partial charge in [0.1, 0.15) is 5.41 Å². The first-order valence-electron chi connectivity index (χ1n) is 7.26. The van der Waals surface area contributed by atoms with Crippen molar-refractivity contribution in [3.8, 4) is 0 Å². The zero-order valence-corrected chi connectivity index (χ0v) is 12.6. The van der Waals surface area contributed by atoms with Crippen molar-refractivity contribution in [1.29, 1.82) is 0 Å². The lowest BCUT2D eigenvalue weighted by Gasteiger charge is -2.46. The Balaban J connectivity index is 1.83. The first kappa shape index (κ1) is 13.9. The first-order chi connectivity index (χ1) is 9.53. The molecule has 110 valence electrons. The number of amides is 4. The van der Waals surface area contributed by atoms with E-state index in [9.17, 15) is 14.4 Å². The Kier molecular flexibility index (Phi) is 3.31. The molecule has 5 nitrogen and oxygen atoms in total. The highest BCUT2D eigenvalue weighted by atomic mass is 32.2. The summed E-state index contributed by atoms with van der Waals surface area (Å²) in [4.78, 5) is 38.0. The van der Waals surface area contributed by atoms with Crippen molar-refractivity contribution in [2.45, 2.75) is 49.7 Å². The van der Waals surface area contributed by atoms with Gasteiger partial charge in [-0.3, -0.25) is 19.8 Å². The summed E-state index contributed by atoms with van der Waals surface area (Å²) in [6, 6.07) is -0.530. The van der Waals surface area contributed by atoms with Gasteiger partial charge in [-0.05, 0) is 31.9 Å². The molecule has 3 aliphatic rings. The minimum atomic E-state index is -0.938. The van der Waals surface area contributed by atoms with Crippen LogP contribution in [0.25, 0.3) is 0 Å². The number of hydrogen-bond acceptors (Lipinski definition) is 4. The molecule has 0 bridgehead atoms. The number of urea groups is 1. The molecule has 1 aliphatic heterocycles. The average molecular weight is 296 g/mol. The molecule has 0 aromatic heterocycles. The first-order valence-corrected chi connectivity index (χ1v) is 8.48. The zero-order chi connectivity index (χ0) is 14.4. The molecule has 2 saturated carbocycles. The van der Waals surface area contributed by atoms with Crippen LogP contribution in [0, 0.1) is 5.41 Å². The van der Waals surface area contributed by atoms with Crippen LogP contribution in [0.2, 0.25) is 0 Å². The molecule has 1 saturated heterocycles. The van der Waals surface area contributed by atoms with Crippen molar-refractivity contribution in [3.63, 3.8) is 0 Å². The van der Waals surface area contributed by atoms with Gasteiger partial charge in [-0.25, -0.2) is 4.79 Å². The molecule has 1 N–H and O–H groups in total. The van der Waals surface area contributed by atoms with Crippen LogP contribution in [-0.4, -0.2) is 40.3 Å². The van der Waals surface area contributed by atoms with Crippen molar-refractivity contribution in [2.75, 3.05) is 12.8 Å². The highest BCUT2D eigenvalue weighted by molar-refractivity contribution is 8.00. The van der Waals surface area contributed by atoms with Crippen LogP contribution in [0.4, 0.5) is 4.79 Å². The van der Waals surface area contributed by atoms with Crippen LogP contribution < -0.4 is 5.32 Å². The van der Waals surface area contributed by atoms with Gasteiger partial charge in [0, 0.05) is 11.3 Å². The smallest absolute Gasteiger partial charge is 0.277 e. The Morgan fingerprint density at radius 2 is 1.75 bits per heavy atom. The van der Waals surface area contributed by atoms with Gasteiger partial charge in [0.15, 0.2) is 0 Å². The van der Waals surface area contributed by atoms with E-state index in [-0.39, 0.29) is 16.6 Å². The molecule has 4 amide bonds. The Morgan fingerprint density at radius 1 is 1.10 bits per heavy atom. The third-order valence-electron chi connectivity index (χ3n) is 5.16.